The van der Waals surface area contributed by atoms with Gasteiger partial charge in [-0.1, -0.05) is 6.07 Å². The number of nitrogens with zero attached hydrogens (tertiary/aromatic N) is 3. The molecule has 0 unspecified atom stereocenters. The second-order valence-corrected chi connectivity index (χ2v) is 5.12. The minimum absolute atomic E-state index is 0.818. The zero-order valence-corrected chi connectivity index (χ0v) is 11.9. The van der Waals surface area contributed by atoms with Gasteiger partial charge >= 0.3 is 0 Å². The van der Waals surface area contributed by atoms with E-state index in [1.807, 2.05) is 12.5 Å². The van der Waals surface area contributed by atoms with Gasteiger partial charge in [0.2, 0.25) is 0 Å². The fourth-order valence-corrected chi connectivity index (χ4v) is 2.34. The van der Waals surface area contributed by atoms with Crippen LogP contribution in [0, 0.1) is 0 Å². The maximum absolute atomic E-state index is 4.20. The molecule has 0 aliphatic carbocycles. The first kappa shape index (κ1) is 13.6. The van der Waals surface area contributed by atoms with E-state index >= 15 is 0 Å². The van der Waals surface area contributed by atoms with E-state index in [0.717, 1.165) is 32.0 Å². The Balaban J connectivity index is 1.62. The minimum Gasteiger partial charge on any atom is -0.356 e. The molecular weight excluding hydrogens is 258 g/mol. The molecule has 2 aromatic rings. The number of imidazole rings is 1. The molecule has 102 valence electrons. The third-order valence-corrected chi connectivity index (χ3v) is 3.55. The lowest BCUT2D eigenvalue weighted by Crippen LogP contribution is -2.37. The number of hydrogen-bond acceptors (Lipinski definition) is 3. The highest BCUT2D eigenvalue weighted by molar-refractivity contribution is 7.09. The van der Waals surface area contributed by atoms with E-state index in [4.69, 9.17) is 0 Å². The first-order chi connectivity index (χ1) is 9.38. The summed E-state index contributed by atoms with van der Waals surface area (Å²) >= 11 is 1.75. The van der Waals surface area contributed by atoms with E-state index in [1.54, 1.807) is 24.6 Å². The predicted octanol–water partition coefficient (Wildman–Crippen LogP) is 1.70. The molecule has 0 spiro atoms. The molecular formula is C13H19N5S. The molecule has 6 heteroatoms. The van der Waals surface area contributed by atoms with Crippen molar-refractivity contribution in [2.24, 2.45) is 4.99 Å². The lowest BCUT2D eigenvalue weighted by molar-refractivity contribution is 0.625. The number of nitrogens with one attached hydrogen (secondary N) is 2. The fraction of sp³-hybridized carbons (Fsp3) is 0.385. The Morgan fingerprint density at radius 3 is 3.11 bits per heavy atom. The van der Waals surface area contributed by atoms with Crippen molar-refractivity contribution in [1.29, 1.82) is 0 Å². The zero-order valence-electron chi connectivity index (χ0n) is 11.0. The molecule has 0 saturated carbocycles. The van der Waals surface area contributed by atoms with E-state index in [-0.39, 0.29) is 0 Å². The molecule has 0 aliphatic rings. The Morgan fingerprint density at radius 1 is 1.47 bits per heavy atom. The van der Waals surface area contributed by atoms with Crippen LogP contribution in [-0.2, 0) is 13.1 Å². The molecule has 0 aromatic carbocycles. The van der Waals surface area contributed by atoms with Crippen LogP contribution in [0.25, 0.3) is 0 Å². The summed E-state index contributed by atoms with van der Waals surface area (Å²) < 4.78 is 2.07. The van der Waals surface area contributed by atoms with Crippen LogP contribution in [0.4, 0.5) is 0 Å². The molecule has 0 bridgehead atoms. The monoisotopic (exact) mass is 277 g/mol. The highest BCUT2D eigenvalue weighted by Crippen LogP contribution is 2.06. The molecule has 5 nitrogen and oxygen atoms in total. The molecule has 2 N–H and O–H groups in total. The summed E-state index contributed by atoms with van der Waals surface area (Å²) in [4.78, 5) is 9.53. The van der Waals surface area contributed by atoms with Crippen molar-refractivity contribution in [1.82, 2.24) is 20.2 Å². The molecule has 0 aliphatic heterocycles. The van der Waals surface area contributed by atoms with Gasteiger partial charge in [-0.25, -0.2) is 4.98 Å². The average molecular weight is 277 g/mol. The quantitative estimate of drug-likeness (QED) is 0.480. The lowest BCUT2D eigenvalue weighted by atomic mass is 10.4. The van der Waals surface area contributed by atoms with Crippen LogP contribution < -0.4 is 10.6 Å². The van der Waals surface area contributed by atoms with Gasteiger partial charge in [0, 0.05) is 37.4 Å². The third kappa shape index (κ3) is 4.75. The van der Waals surface area contributed by atoms with Gasteiger partial charge in [-0.05, 0) is 17.9 Å². The minimum atomic E-state index is 0.818. The van der Waals surface area contributed by atoms with Gasteiger partial charge < -0.3 is 15.2 Å². The largest absolute Gasteiger partial charge is 0.356 e. The topological polar surface area (TPSA) is 54.2 Å². The van der Waals surface area contributed by atoms with Crippen molar-refractivity contribution < 1.29 is 0 Å². The van der Waals surface area contributed by atoms with Crippen molar-refractivity contribution in [2.45, 2.75) is 19.5 Å². The fourth-order valence-electron chi connectivity index (χ4n) is 1.69. The number of aromatic nitrogens is 2. The maximum atomic E-state index is 4.20. The number of aliphatic imine (C=N–C) groups is 1. The number of guanidine groups is 1. The van der Waals surface area contributed by atoms with Crippen LogP contribution >= 0.6 is 11.3 Å². The maximum Gasteiger partial charge on any atom is 0.191 e. The SMILES string of the molecule is CN=C(NCCCn1ccnc1)NCc1cccs1. The zero-order chi connectivity index (χ0) is 13.3. The average Bonchev–Trinajstić information content (AvgIpc) is 3.11. The molecule has 0 amide bonds. The van der Waals surface area contributed by atoms with Crippen molar-refractivity contribution in [3.63, 3.8) is 0 Å². The van der Waals surface area contributed by atoms with E-state index in [9.17, 15) is 0 Å². The molecule has 2 aromatic heterocycles. The van der Waals surface area contributed by atoms with Gasteiger partial charge in [-0.3, -0.25) is 4.99 Å². The van der Waals surface area contributed by atoms with Gasteiger partial charge in [0.25, 0.3) is 0 Å². The molecule has 0 atom stereocenters. The predicted molar refractivity (Wildman–Crippen MR) is 79.4 cm³/mol. The van der Waals surface area contributed by atoms with Crippen LogP contribution in [0.15, 0.2) is 41.2 Å². The van der Waals surface area contributed by atoms with E-state index < -0.39 is 0 Å². The number of hydrogen-bond donors (Lipinski definition) is 2. The summed E-state index contributed by atoms with van der Waals surface area (Å²) in [5, 5.41) is 8.68. The first-order valence-corrected chi connectivity index (χ1v) is 7.19. The lowest BCUT2D eigenvalue weighted by Gasteiger charge is -2.11. The van der Waals surface area contributed by atoms with Crippen LogP contribution in [0.5, 0.6) is 0 Å². The Labute approximate surface area is 117 Å². The van der Waals surface area contributed by atoms with Crippen molar-refractivity contribution in [3.05, 3.63) is 41.1 Å². The summed E-state index contributed by atoms with van der Waals surface area (Å²) in [7, 11) is 1.79. The molecule has 19 heavy (non-hydrogen) atoms. The summed E-state index contributed by atoms with van der Waals surface area (Å²) in [6.45, 7) is 2.68. The number of thiophene rings is 1. The molecule has 0 fully saturated rings. The summed E-state index contributed by atoms with van der Waals surface area (Å²) in [6, 6.07) is 4.17. The number of aryl methyl sites for hydroxylation is 1. The molecule has 0 saturated heterocycles. The molecule has 0 radical (unpaired) electrons. The highest BCUT2D eigenvalue weighted by Gasteiger charge is 1.98. The molecule has 2 heterocycles. The van der Waals surface area contributed by atoms with Crippen LogP contribution in [-0.4, -0.2) is 29.1 Å². The van der Waals surface area contributed by atoms with E-state index in [2.05, 4.69) is 42.7 Å². The van der Waals surface area contributed by atoms with Gasteiger partial charge in [0.15, 0.2) is 5.96 Å². The van der Waals surface area contributed by atoms with Gasteiger partial charge in [-0.15, -0.1) is 11.3 Å². The Hall–Kier alpha value is -1.82. The Bertz CT molecular complexity index is 475. The van der Waals surface area contributed by atoms with E-state index in [0.29, 0.717) is 0 Å². The van der Waals surface area contributed by atoms with Gasteiger partial charge in [0.05, 0.1) is 12.9 Å². The standard InChI is InChI=1S/C13H19N5S/c1-14-13(17-10-12-4-2-9-19-12)16-5-3-7-18-8-6-15-11-18/h2,4,6,8-9,11H,3,5,7,10H2,1H3,(H2,14,16,17). The highest BCUT2D eigenvalue weighted by atomic mass is 32.1. The normalized spacial score (nSPS) is 11.5. The molecule has 2 rings (SSSR count). The summed E-state index contributed by atoms with van der Waals surface area (Å²) in [5.74, 6) is 0.846. The summed E-state index contributed by atoms with van der Waals surface area (Å²) in [6.07, 6.45) is 6.65. The van der Waals surface area contributed by atoms with Crippen molar-refractivity contribution in [2.75, 3.05) is 13.6 Å². The van der Waals surface area contributed by atoms with Gasteiger partial charge in [-0.2, -0.15) is 0 Å². The van der Waals surface area contributed by atoms with Crippen LogP contribution in [0.2, 0.25) is 0 Å². The van der Waals surface area contributed by atoms with Crippen LogP contribution in [0.3, 0.4) is 0 Å². The summed E-state index contributed by atoms with van der Waals surface area (Å²) in [5.41, 5.74) is 0. The Morgan fingerprint density at radius 2 is 2.42 bits per heavy atom. The smallest absolute Gasteiger partial charge is 0.191 e. The third-order valence-electron chi connectivity index (χ3n) is 2.68. The first-order valence-electron chi connectivity index (χ1n) is 6.31. The van der Waals surface area contributed by atoms with Crippen LogP contribution in [0.1, 0.15) is 11.3 Å². The number of rotatable bonds is 6. The van der Waals surface area contributed by atoms with Gasteiger partial charge in [0.1, 0.15) is 0 Å². The van der Waals surface area contributed by atoms with Crippen molar-refractivity contribution in [3.8, 4) is 0 Å². The van der Waals surface area contributed by atoms with E-state index in [1.165, 1.54) is 4.88 Å². The Kier molecular flexibility index (Phi) is 5.43. The van der Waals surface area contributed by atoms with Crippen molar-refractivity contribution >= 4 is 17.3 Å². The second kappa shape index (κ2) is 7.58. The second-order valence-electron chi connectivity index (χ2n) is 4.09.